The molecule has 0 aliphatic heterocycles. The third kappa shape index (κ3) is 3.97. The summed E-state index contributed by atoms with van der Waals surface area (Å²) < 4.78 is 0. The van der Waals surface area contributed by atoms with Gasteiger partial charge in [-0.15, -0.1) is 11.3 Å². The summed E-state index contributed by atoms with van der Waals surface area (Å²) in [5.74, 6) is 0.0523. The van der Waals surface area contributed by atoms with Gasteiger partial charge in [0.05, 0.1) is 11.4 Å². The second kappa shape index (κ2) is 7.45. The van der Waals surface area contributed by atoms with Gasteiger partial charge in [-0.1, -0.05) is 18.5 Å². The van der Waals surface area contributed by atoms with Crippen molar-refractivity contribution in [1.29, 1.82) is 0 Å². The zero-order chi connectivity index (χ0) is 15.2. The van der Waals surface area contributed by atoms with Crippen molar-refractivity contribution in [3.05, 3.63) is 21.4 Å². The highest BCUT2D eigenvalue weighted by atomic mass is 32.1. The van der Waals surface area contributed by atoms with Crippen molar-refractivity contribution < 1.29 is 10.0 Å². The van der Waals surface area contributed by atoms with E-state index in [4.69, 9.17) is 10.9 Å². The van der Waals surface area contributed by atoms with E-state index in [9.17, 15) is 4.79 Å². The van der Waals surface area contributed by atoms with Crippen LogP contribution in [0.1, 0.15) is 52.7 Å². The number of oxime groups is 1. The molecular weight excluding hydrogens is 286 g/mol. The Bertz CT molecular complexity index is 501. The summed E-state index contributed by atoms with van der Waals surface area (Å²) >= 11 is 1.61. The van der Waals surface area contributed by atoms with Crippen LogP contribution in [0.4, 0.5) is 0 Å². The smallest absolute Gasteiger partial charge is 0.264 e. The third-order valence-corrected chi connectivity index (χ3v) is 4.94. The molecule has 0 radical (unpaired) electrons. The van der Waals surface area contributed by atoms with E-state index in [1.165, 1.54) is 29.7 Å². The summed E-state index contributed by atoms with van der Waals surface area (Å²) in [6, 6.07) is 2.04. The molecule has 0 saturated carbocycles. The van der Waals surface area contributed by atoms with Crippen LogP contribution in [0.5, 0.6) is 0 Å². The molecule has 1 heterocycles. The topological polar surface area (TPSA) is 78.9 Å². The Morgan fingerprint density at radius 3 is 2.90 bits per heavy atom. The first-order valence-electron chi connectivity index (χ1n) is 7.53. The first-order valence-corrected chi connectivity index (χ1v) is 8.34. The molecule has 0 bridgehead atoms. The summed E-state index contributed by atoms with van der Waals surface area (Å²) in [4.78, 5) is 16.4. The van der Waals surface area contributed by atoms with Crippen LogP contribution in [0.15, 0.2) is 11.2 Å². The van der Waals surface area contributed by atoms with Crippen LogP contribution in [0.3, 0.4) is 0 Å². The van der Waals surface area contributed by atoms with Crippen molar-refractivity contribution in [3.63, 3.8) is 0 Å². The molecule has 3 N–H and O–H groups in total. The zero-order valence-electron chi connectivity index (χ0n) is 12.5. The first-order chi connectivity index (χ1) is 10.2. The van der Waals surface area contributed by atoms with Crippen molar-refractivity contribution in [3.8, 4) is 0 Å². The molecular formula is C15H23N3O2S. The number of carbonyl (C=O) groups excluding carboxylic acids is 1. The average Bonchev–Trinajstić information content (AvgIpc) is 2.77. The van der Waals surface area contributed by atoms with Crippen molar-refractivity contribution in [2.24, 2.45) is 10.9 Å². The van der Waals surface area contributed by atoms with Gasteiger partial charge < -0.3 is 15.8 Å². The van der Waals surface area contributed by atoms with Crippen LogP contribution < -0.4 is 5.73 Å². The predicted octanol–water partition coefficient (Wildman–Crippen LogP) is 2.62. The minimum atomic E-state index is -0.0125. The molecule has 2 rings (SSSR count). The van der Waals surface area contributed by atoms with Gasteiger partial charge in [0.15, 0.2) is 5.84 Å². The van der Waals surface area contributed by atoms with Gasteiger partial charge in [0, 0.05) is 11.4 Å². The van der Waals surface area contributed by atoms with Gasteiger partial charge in [-0.2, -0.15) is 0 Å². The molecule has 1 aliphatic rings. The lowest BCUT2D eigenvalue weighted by Crippen LogP contribution is -2.38. The number of hydrogen-bond donors (Lipinski definition) is 2. The van der Waals surface area contributed by atoms with E-state index in [1.807, 2.05) is 13.0 Å². The number of aryl methyl sites for hydroxylation is 2. The van der Waals surface area contributed by atoms with E-state index >= 15 is 0 Å². The van der Waals surface area contributed by atoms with Gasteiger partial charge >= 0.3 is 0 Å². The Morgan fingerprint density at radius 2 is 2.19 bits per heavy atom. The van der Waals surface area contributed by atoms with Gasteiger partial charge in [0.25, 0.3) is 5.91 Å². The number of carbonyl (C=O) groups is 1. The average molecular weight is 309 g/mol. The van der Waals surface area contributed by atoms with Gasteiger partial charge in [-0.05, 0) is 43.7 Å². The van der Waals surface area contributed by atoms with Gasteiger partial charge in [-0.3, -0.25) is 4.79 Å². The van der Waals surface area contributed by atoms with Gasteiger partial charge in [-0.25, -0.2) is 0 Å². The fourth-order valence-electron chi connectivity index (χ4n) is 2.68. The number of thiophene rings is 1. The number of amidine groups is 1. The molecule has 1 amide bonds. The summed E-state index contributed by atoms with van der Waals surface area (Å²) in [6.07, 6.45) is 6.70. The lowest BCUT2D eigenvalue weighted by Gasteiger charge is -2.20. The molecule has 1 aliphatic carbocycles. The number of rotatable bonds is 5. The van der Waals surface area contributed by atoms with E-state index in [-0.39, 0.29) is 18.3 Å². The Morgan fingerprint density at radius 1 is 1.43 bits per heavy atom. The van der Waals surface area contributed by atoms with Crippen LogP contribution in [-0.2, 0) is 12.8 Å². The molecule has 0 unspecified atom stereocenters. The van der Waals surface area contributed by atoms with Gasteiger partial charge in [0.1, 0.15) is 0 Å². The van der Waals surface area contributed by atoms with E-state index in [1.54, 1.807) is 16.2 Å². The van der Waals surface area contributed by atoms with Crippen molar-refractivity contribution in [1.82, 2.24) is 4.90 Å². The van der Waals surface area contributed by atoms with Crippen molar-refractivity contribution >= 4 is 23.1 Å². The number of hydrogen-bond acceptors (Lipinski definition) is 4. The first kappa shape index (κ1) is 15.8. The van der Waals surface area contributed by atoms with Crippen molar-refractivity contribution in [2.45, 2.75) is 45.4 Å². The minimum absolute atomic E-state index is 0.0125. The highest BCUT2D eigenvalue weighted by Gasteiger charge is 2.21. The summed E-state index contributed by atoms with van der Waals surface area (Å²) in [7, 11) is 0. The Balaban J connectivity index is 2.16. The Labute approximate surface area is 129 Å². The van der Waals surface area contributed by atoms with Crippen LogP contribution in [-0.4, -0.2) is 34.9 Å². The van der Waals surface area contributed by atoms with E-state index < -0.39 is 0 Å². The molecule has 1 aromatic rings. The van der Waals surface area contributed by atoms with E-state index in [0.29, 0.717) is 6.54 Å². The number of nitrogens with two attached hydrogens (primary N) is 1. The predicted molar refractivity (Wildman–Crippen MR) is 85.2 cm³/mol. The van der Waals surface area contributed by atoms with Gasteiger partial charge in [0.2, 0.25) is 0 Å². The molecule has 0 saturated heterocycles. The summed E-state index contributed by atoms with van der Waals surface area (Å²) in [5, 5.41) is 11.7. The SMILES string of the molecule is CCCN(CC(N)=NO)C(=O)c1cc2c(s1)CCCCC2. The molecule has 21 heavy (non-hydrogen) atoms. The fourth-order valence-corrected chi connectivity index (χ4v) is 3.90. The monoisotopic (exact) mass is 309 g/mol. The molecule has 0 fully saturated rings. The lowest BCUT2D eigenvalue weighted by atomic mass is 10.1. The quantitative estimate of drug-likeness (QED) is 0.288. The Kier molecular flexibility index (Phi) is 5.61. The number of fused-ring (bicyclic) bond motifs is 1. The standard InChI is InChI=1S/C15H23N3O2S/c1-2-8-18(10-14(16)17-20)15(19)13-9-11-6-4-3-5-7-12(11)21-13/h9,20H,2-8,10H2,1H3,(H2,16,17). The molecule has 116 valence electrons. The maximum atomic E-state index is 12.6. The minimum Gasteiger partial charge on any atom is -0.409 e. The summed E-state index contributed by atoms with van der Waals surface area (Å²) in [5.41, 5.74) is 6.88. The largest absolute Gasteiger partial charge is 0.409 e. The second-order valence-electron chi connectivity index (χ2n) is 5.44. The van der Waals surface area contributed by atoms with Crippen LogP contribution in [0.25, 0.3) is 0 Å². The zero-order valence-corrected chi connectivity index (χ0v) is 13.3. The Hall–Kier alpha value is -1.56. The second-order valence-corrected chi connectivity index (χ2v) is 6.57. The fraction of sp³-hybridized carbons (Fsp3) is 0.600. The number of amides is 1. The van der Waals surface area contributed by atoms with E-state index in [0.717, 1.165) is 24.1 Å². The van der Waals surface area contributed by atoms with Crippen molar-refractivity contribution in [2.75, 3.05) is 13.1 Å². The molecule has 5 nitrogen and oxygen atoms in total. The normalized spacial score (nSPS) is 15.4. The third-order valence-electron chi connectivity index (χ3n) is 3.72. The molecule has 0 atom stereocenters. The molecule has 6 heteroatoms. The highest BCUT2D eigenvalue weighted by Crippen LogP contribution is 2.29. The molecule has 0 aromatic carbocycles. The van der Waals surface area contributed by atoms with E-state index in [2.05, 4.69) is 5.16 Å². The number of nitrogens with zero attached hydrogens (tertiary/aromatic N) is 2. The molecule has 0 spiro atoms. The maximum Gasteiger partial charge on any atom is 0.264 e. The van der Waals surface area contributed by atoms with Crippen LogP contribution in [0.2, 0.25) is 0 Å². The maximum absolute atomic E-state index is 12.6. The summed E-state index contributed by atoms with van der Waals surface area (Å²) in [6.45, 7) is 2.79. The highest BCUT2D eigenvalue weighted by molar-refractivity contribution is 7.14. The molecule has 1 aromatic heterocycles. The van der Waals surface area contributed by atoms with Crippen LogP contribution in [0, 0.1) is 0 Å². The lowest BCUT2D eigenvalue weighted by molar-refractivity contribution is 0.0783. The van der Waals surface area contributed by atoms with Crippen LogP contribution >= 0.6 is 11.3 Å².